The van der Waals surface area contributed by atoms with Gasteiger partial charge in [-0.1, -0.05) is 50.6 Å². The molecule has 0 radical (unpaired) electrons. The maximum atomic E-state index is 13.0. The van der Waals surface area contributed by atoms with Crippen molar-refractivity contribution < 1.29 is 34.2 Å². The third-order valence-corrected chi connectivity index (χ3v) is 5.51. The molecule has 0 spiro atoms. The number of rotatable bonds is 14. The molecule has 1 aromatic carbocycles. The number of aliphatic hydroxyl groups excluding tert-OH is 1. The molecule has 0 aromatic heterocycles. The minimum absolute atomic E-state index is 0.240. The highest BCUT2D eigenvalue weighted by atomic mass is 16.4. The lowest BCUT2D eigenvalue weighted by Crippen LogP contribution is -2.60. The molecule has 12 nitrogen and oxygen atoms in total. The van der Waals surface area contributed by atoms with Crippen molar-refractivity contribution in [3.8, 4) is 0 Å². The first kappa shape index (κ1) is 29.5. The van der Waals surface area contributed by atoms with Gasteiger partial charge in [-0.25, -0.2) is 4.79 Å². The number of carboxylic acids is 1. The Bertz CT molecular complexity index is 894. The molecule has 0 saturated carbocycles. The largest absolute Gasteiger partial charge is 0.480 e. The summed E-state index contributed by atoms with van der Waals surface area (Å²) in [6, 6.07) is 3.85. The zero-order valence-electron chi connectivity index (χ0n) is 20.1. The van der Waals surface area contributed by atoms with Crippen LogP contribution in [0.1, 0.15) is 39.2 Å². The number of carbonyl (C=O) groups excluding carboxylic acids is 4. The zero-order chi connectivity index (χ0) is 26.7. The van der Waals surface area contributed by atoms with Crippen LogP contribution in [0, 0.1) is 5.92 Å². The molecular formula is C23H35N5O7. The van der Waals surface area contributed by atoms with Crippen LogP contribution in [0.3, 0.4) is 0 Å². The fourth-order valence-corrected chi connectivity index (χ4v) is 3.24. The van der Waals surface area contributed by atoms with Gasteiger partial charge in [-0.05, 0) is 24.8 Å². The fourth-order valence-electron chi connectivity index (χ4n) is 3.24. The molecule has 1 rings (SSSR count). The van der Waals surface area contributed by atoms with Crippen LogP contribution in [0.5, 0.6) is 0 Å². The minimum Gasteiger partial charge on any atom is -0.480 e. The normalized spacial score (nSPS) is 16.0. The summed E-state index contributed by atoms with van der Waals surface area (Å²) in [6.07, 6.45) is -1.34. The number of amides is 4. The molecule has 12 heteroatoms. The van der Waals surface area contributed by atoms with Crippen molar-refractivity contribution in [2.75, 3.05) is 0 Å². The second-order valence-electron chi connectivity index (χ2n) is 8.46. The molecule has 9 N–H and O–H groups in total. The van der Waals surface area contributed by atoms with E-state index in [2.05, 4.69) is 16.0 Å². The number of primary amides is 1. The summed E-state index contributed by atoms with van der Waals surface area (Å²) in [7, 11) is 0. The monoisotopic (exact) mass is 493 g/mol. The molecule has 6 unspecified atom stereocenters. The van der Waals surface area contributed by atoms with Gasteiger partial charge < -0.3 is 37.6 Å². The second kappa shape index (κ2) is 14.0. The Morgan fingerprint density at radius 3 is 1.97 bits per heavy atom. The summed E-state index contributed by atoms with van der Waals surface area (Å²) in [5.41, 5.74) is 12.0. The second-order valence-corrected chi connectivity index (χ2v) is 8.46. The summed E-state index contributed by atoms with van der Waals surface area (Å²) in [6.45, 7) is 4.67. The van der Waals surface area contributed by atoms with Gasteiger partial charge in [0.1, 0.15) is 12.1 Å². The van der Waals surface area contributed by atoms with Gasteiger partial charge in [-0.15, -0.1) is 0 Å². The van der Waals surface area contributed by atoms with E-state index in [1.54, 1.807) is 13.8 Å². The average molecular weight is 494 g/mol. The van der Waals surface area contributed by atoms with Gasteiger partial charge in [0.15, 0.2) is 6.04 Å². The predicted octanol–water partition coefficient (Wildman–Crippen LogP) is -1.60. The van der Waals surface area contributed by atoms with E-state index in [1.807, 2.05) is 30.3 Å². The van der Waals surface area contributed by atoms with Crippen LogP contribution in [-0.4, -0.2) is 70.1 Å². The van der Waals surface area contributed by atoms with E-state index in [4.69, 9.17) is 11.5 Å². The summed E-state index contributed by atoms with van der Waals surface area (Å²) < 4.78 is 0. The van der Waals surface area contributed by atoms with Gasteiger partial charge in [0, 0.05) is 0 Å². The number of aliphatic hydroxyl groups is 1. The van der Waals surface area contributed by atoms with E-state index >= 15 is 0 Å². The van der Waals surface area contributed by atoms with E-state index < -0.39 is 66.3 Å². The lowest BCUT2D eigenvalue weighted by molar-refractivity contribution is -0.145. The summed E-state index contributed by atoms with van der Waals surface area (Å²) in [4.78, 5) is 61.1. The van der Waals surface area contributed by atoms with Crippen molar-refractivity contribution in [3.63, 3.8) is 0 Å². The van der Waals surface area contributed by atoms with Gasteiger partial charge in [0.25, 0.3) is 0 Å². The van der Waals surface area contributed by atoms with Crippen molar-refractivity contribution in [2.24, 2.45) is 17.4 Å². The maximum Gasteiger partial charge on any atom is 0.328 e. The fraction of sp³-hybridized carbons (Fsp3) is 0.522. The molecule has 0 aliphatic carbocycles. The van der Waals surface area contributed by atoms with Crippen LogP contribution in [0.2, 0.25) is 0 Å². The third-order valence-electron chi connectivity index (χ3n) is 5.51. The van der Waals surface area contributed by atoms with Crippen LogP contribution in [0.15, 0.2) is 30.3 Å². The highest BCUT2D eigenvalue weighted by Crippen LogP contribution is 2.10. The Morgan fingerprint density at radius 1 is 0.914 bits per heavy atom. The van der Waals surface area contributed by atoms with Gasteiger partial charge in [-0.3, -0.25) is 19.2 Å². The molecular weight excluding hydrogens is 458 g/mol. The Balaban J connectivity index is 2.99. The third kappa shape index (κ3) is 9.71. The molecule has 0 heterocycles. The number of aliphatic carboxylic acids is 1. The van der Waals surface area contributed by atoms with Crippen molar-refractivity contribution in [1.29, 1.82) is 0 Å². The van der Waals surface area contributed by atoms with Crippen molar-refractivity contribution in [3.05, 3.63) is 35.9 Å². The number of hydrogen-bond acceptors (Lipinski definition) is 7. The highest BCUT2D eigenvalue weighted by Gasteiger charge is 2.34. The smallest absolute Gasteiger partial charge is 0.328 e. The Morgan fingerprint density at radius 2 is 1.49 bits per heavy atom. The Kier molecular flexibility index (Phi) is 11.8. The molecule has 0 aliphatic rings. The Hall–Kier alpha value is -3.51. The molecule has 35 heavy (non-hydrogen) atoms. The van der Waals surface area contributed by atoms with E-state index in [0.29, 0.717) is 6.42 Å². The first-order valence-corrected chi connectivity index (χ1v) is 11.3. The average Bonchev–Trinajstić information content (AvgIpc) is 2.79. The SMILES string of the molecule is CCC(C)C(NC(=O)C(N)Cc1ccccc1)C(=O)NC(CC(N)=O)C(=O)NC(C(=O)O)C(C)O. The summed E-state index contributed by atoms with van der Waals surface area (Å²) in [5.74, 6) is -5.18. The van der Waals surface area contributed by atoms with Crippen LogP contribution in [0.25, 0.3) is 0 Å². The molecule has 0 aliphatic heterocycles. The quantitative estimate of drug-likeness (QED) is 0.160. The standard InChI is InChI=1S/C23H35N5O7/c1-4-12(2)18(27-20(31)15(24)10-14-8-6-5-7-9-14)22(33)26-16(11-17(25)30)21(32)28-19(13(3)29)23(34)35/h5-9,12-13,15-16,18-19,29H,4,10-11,24H2,1-3H3,(H2,25,30)(H,26,33)(H,27,31)(H,28,32)(H,34,35). The molecule has 6 atom stereocenters. The topological polar surface area (TPSA) is 214 Å². The highest BCUT2D eigenvalue weighted by molar-refractivity contribution is 5.96. The molecule has 194 valence electrons. The number of carboxylic acid groups (broad SMARTS) is 1. The number of nitrogens with two attached hydrogens (primary N) is 2. The molecule has 0 fully saturated rings. The van der Waals surface area contributed by atoms with E-state index in [1.165, 1.54) is 0 Å². The number of hydrogen-bond donors (Lipinski definition) is 7. The first-order chi connectivity index (χ1) is 16.4. The lowest BCUT2D eigenvalue weighted by Gasteiger charge is -2.28. The maximum absolute atomic E-state index is 13.0. The van der Waals surface area contributed by atoms with Gasteiger partial charge >= 0.3 is 5.97 Å². The van der Waals surface area contributed by atoms with Crippen LogP contribution in [-0.2, 0) is 30.4 Å². The molecule has 1 aromatic rings. The predicted molar refractivity (Wildman–Crippen MR) is 126 cm³/mol. The van der Waals surface area contributed by atoms with Crippen molar-refractivity contribution in [2.45, 2.75) is 70.3 Å². The van der Waals surface area contributed by atoms with Crippen molar-refractivity contribution >= 4 is 29.6 Å². The van der Waals surface area contributed by atoms with Crippen LogP contribution in [0.4, 0.5) is 0 Å². The Labute approximate surface area is 203 Å². The van der Waals surface area contributed by atoms with E-state index in [-0.39, 0.29) is 12.3 Å². The van der Waals surface area contributed by atoms with E-state index in [9.17, 15) is 34.2 Å². The molecule has 4 amide bonds. The first-order valence-electron chi connectivity index (χ1n) is 11.3. The number of benzene rings is 1. The minimum atomic E-state index is -1.67. The molecule has 0 saturated heterocycles. The van der Waals surface area contributed by atoms with Gasteiger partial charge in [0.2, 0.25) is 23.6 Å². The van der Waals surface area contributed by atoms with Crippen LogP contribution < -0.4 is 27.4 Å². The summed E-state index contributed by atoms with van der Waals surface area (Å²) in [5, 5.41) is 25.8. The lowest BCUT2D eigenvalue weighted by atomic mass is 9.96. The number of carbonyl (C=O) groups is 5. The van der Waals surface area contributed by atoms with E-state index in [0.717, 1.165) is 12.5 Å². The summed E-state index contributed by atoms with van der Waals surface area (Å²) >= 11 is 0. The molecule has 0 bridgehead atoms. The zero-order valence-corrected chi connectivity index (χ0v) is 20.1. The van der Waals surface area contributed by atoms with Gasteiger partial charge in [-0.2, -0.15) is 0 Å². The van der Waals surface area contributed by atoms with Crippen molar-refractivity contribution in [1.82, 2.24) is 16.0 Å². The van der Waals surface area contributed by atoms with Crippen LogP contribution >= 0.6 is 0 Å². The number of nitrogens with one attached hydrogen (secondary N) is 3. The van der Waals surface area contributed by atoms with Gasteiger partial charge in [0.05, 0.1) is 18.6 Å².